The highest BCUT2D eigenvalue weighted by Gasteiger charge is 2.42. The smallest absolute Gasteiger partial charge is 0.307 e. The van der Waals surface area contributed by atoms with Crippen LogP contribution in [0.4, 0.5) is 0 Å². The van der Waals surface area contributed by atoms with E-state index < -0.39 is 23.3 Å². The Morgan fingerprint density at radius 2 is 1.81 bits per heavy atom. The zero-order chi connectivity index (χ0) is 15.8. The molecule has 2 rings (SSSR count). The maximum absolute atomic E-state index is 12.2. The molecule has 1 saturated carbocycles. The molecule has 21 heavy (non-hydrogen) atoms. The van der Waals surface area contributed by atoms with E-state index in [1.807, 2.05) is 13.8 Å². The van der Waals surface area contributed by atoms with E-state index in [9.17, 15) is 9.59 Å². The van der Waals surface area contributed by atoms with Gasteiger partial charge in [-0.25, -0.2) is 0 Å². The lowest BCUT2D eigenvalue weighted by Gasteiger charge is -2.36. The molecule has 2 N–H and O–H groups in total. The number of hydrogen-bond donors (Lipinski definition) is 2. The first-order valence-electron chi connectivity index (χ1n) is 6.73. The molecule has 0 aliphatic heterocycles. The molecule has 0 radical (unpaired) electrons. The Hall–Kier alpha value is -1.26. The molecule has 1 aromatic carbocycles. The van der Waals surface area contributed by atoms with Gasteiger partial charge in [-0.1, -0.05) is 29.3 Å². The van der Waals surface area contributed by atoms with Gasteiger partial charge in [-0.05, 0) is 44.4 Å². The third-order valence-electron chi connectivity index (χ3n) is 4.01. The van der Waals surface area contributed by atoms with Crippen molar-refractivity contribution in [3.8, 4) is 0 Å². The Morgan fingerprint density at radius 3 is 2.29 bits per heavy atom. The normalized spacial score (nSPS) is 21.5. The van der Waals surface area contributed by atoms with Crippen molar-refractivity contribution < 1.29 is 14.7 Å². The number of benzene rings is 1. The average molecular weight is 330 g/mol. The molecule has 0 heterocycles. The van der Waals surface area contributed by atoms with Crippen LogP contribution in [0.25, 0.3) is 0 Å². The van der Waals surface area contributed by atoms with E-state index in [2.05, 4.69) is 5.32 Å². The van der Waals surface area contributed by atoms with Crippen molar-refractivity contribution in [1.82, 2.24) is 5.32 Å². The van der Waals surface area contributed by atoms with Crippen LogP contribution in [0.3, 0.4) is 0 Å². The number of hydrogen-bond acceptors (Lipinski definition) is 2. The highest BCUT2D eigenvalue weighted by molar-refractivity contribution is 6.42. The summed E-state index contributed by atoms with van der Waals surface area (Å²) in [5, 5.41) is 12.8. The SMILES string of the molecule is CC(C)(NC(=O)C1CCC1C(=O)O)c1ccc(Cl)c(Cl)c1. The van der Waals surface area contributed by atoms with E-state index in [1.54, 1.807) is 18.2 Å². The van der Waals surface area contributed by atoms with Crippen LogP contribution in [0.5, 0.6) is 0 Å². The molecular formula is C15H17Cl2NO3. The molecule has 0 saturated heterocycles. The van der Waals surface area contributed by atoms with Gasteiger partial charge in [0.05, 0.1) is 27.4 Å². The zero-order valence-corrected chi connectivity index (χ0v) is 13.3. The number of carboxylic acids is 1. The molecule has 2 unspecified atom stereocenters. The number of carboxylic acid groups (broad SMARTS) is 1. The van der Waals surface area contributed by atoms with Crippen LogP contribution < -0.4 is 5.32 Å². The summed E-state index contributed by atoms with van der Waals surface area (Å²) in [6, 6.07) is 5.18. The Bertz CT molecular complexity index is 586. The van der Waals surface area contributed by atoms with E-state index >= 15 is 0 Å². The van der Waals surface area contributed by atoms with E-state index in [4.69, 9.17) is 28.3 Å². The zero-order valence-electron chi connectivity index (χ0n) is 11.8. The Balaban J connectivity index is 2.11. The van der Waals surface area contributed by atoms with E-state index in [1.165, 1.54) is 0 Å². The standard InChI is InChI=1S/C15H17Cl2NO3/c1-15(2,8-3-6-11(16)12(17)7-8)18-13(19)9-4-5-10(9)14(20)21/h3,6-7,9-10H,4-5H2,1-2H3,(H,18,19)(H,20,21). The van der Waals surface area contributed by atoms with Crippen molar-refractivity contribution in [1.29, 1.82) is 0 Å². The maximum Gasteiger partial charge on any atom is 0.307 e. The Labute approximate surface area is 133 Å². The molecule has 0 aromatic heterocycles. The summed E-state index contributed by atoms with van der Waals surface area (Å²) in [6.45, 7) is 3.69. The molecule has 6 heteroatoms. The lowest BCUT2D eigenvalue weighted by Crippen LogP contribution is -2.49. The second-order valence-electron chi connectivity index (χ2n) is 5.87. The third kappa shape index (κ3) is 3.33. The first-order chi connectivity index (χ1) is 9.72. The summed E-state index contributed by atoms with van der Waals surface area (Å²) in [5.74, 6) is -2.17. The molecule has 1 fully saturated rings. The first-order valence-corrected chi connectivity index (χ1v) is 7.48. The van der Waals surface area contributed by atoms with Gasteiger partial charge in [-0.15, -0.1) is 0 Å². The van der Waals surface area contributed by atoms with Gasteiger partial charge in [-0.3, -0.25) is 9.59 Å². The number of amides is 1. The van der Waals surface area contributed by atoms with Crippen LogP contribution in [0.2, 0.25) is 10.0 Å². The minimum Gasteiger partial charge on any atom is -0.481 e. The van der Waals surface area contributed by atoms with Crippen molar-refractivity contribution in [3.63, 3.8) is 0 Å². The largest absolute Gasteiger partial charge is 0.481 e. The summed E-state index contributed by atoms with van der Waals surface area (Å²) in [6.07, 6.45) is 1.17. The summed E-state index contributed by atoms with van der Waals surface area (Å²) >= 11 is 11.9. The van der Waals surface area contributed by atoms with Crippen molar-refractivity contribution in [3.05, 3.63) is 33.8 Å². The fourth-order valence-electron chi connectivity index (χ4n) is 2.47. The second-order valence-corrected chi connectivity index (χ2v) is 6.69. The van der Waals surface area contributed by atoms with Crippen LogP contribution in [0.15, 0.2) is 18.2 Å². The lowest BCUT2D eigenvalue weighted by molar-refractivity contribution is -0.153. The van der Waals surface area contributed by atoms with Crippen LogP contribution in [0, 0.1) is 11.8 Å². The molecule has 1 aliphatic rings. The minimum absolute atomic E-state index is 0.232. The summed E-state index contributed by atoms with van der Waals surface area (Å²) in [4.78, 5) is 23.2. The van der Waals surface area contributed by atoms with Crippen molar-refractivity contribution in [2.75, 3.05) is 0 Å². The van der Waals surface area contributed by atoms with Gasteiger partial charge in [0, 0.05) is 0 Å². The number of aliphatic carboxylic acids is 1. The topological polar surface area (TPSA) is 66.4 Å². The van der Waals surface area contributed by atoms with Gasteiger partial charge < -0.3 is 10.4 Å². The minimum atomic E-state index is -0.909. The molecular weight excluding hydrogens is 313 g/mol. The van der Waals surface area contributed by atoms with Crippen LogP contribution in [-0.4, -0.2) is 17.0 Å². The van der Waals surface area contributed by atoms with Gasteiger partial charge in [0.1, 0.15) is 0 Å². The quantitative estimate of drug-likeness (QED) is 0.888. The molecule has 1 aliphatic carbocycles. The molecule has 2 atom stereocenters. The predicted molar refractivity (Wildman–Crippen MR) is 81.5 cm³/mol. The summed E-state index contributed by atoms with van der Waals surface area (Å²) in [5.41, 5.74) is 0.167. The molecule has 1 aromatic rings. The van der Waals surface area contributed by atoms with Gasteiger partial charge in [0.15, 0.2) is 0 Å². The van der Waals surface area contributed by atoms with Gasteiger partial charge in [0.2, 0.25) is 5.91 Å². The van der Waals surface area contributed by atoms with Gasteiger partial charge >= 0.3 is 5.97 Å². The van der Waals surface area contributed by atoms with Crippen LogP contribution in [0.1, 0.15) is 32.3 Å². The number of nitrogens with one attached hydrogen (secondary N) is 1. The van der Waals surface area contributed by atoms with Crippen molar-refractivity contribution >= 4 is 35.1 Å². The molecule has 0 bridgehead atoms. The Morgan fingerprint density at radius 1 is 1.19 bits per heavy atom. The van der Waals surface area contributed by atoms with Crippen molar-refractivity contribution in [2.45, 2.75) is 32.2 Å². The highest BCUT2D eigenvalue weighted by Crippen LogP contribution is 2.36. The molecule has 4 nitrogen and oxygen atoms in total. The van der Waals surface area contributed by atoms with Crippen LogP contribution >= 0.6 is 23.2 Å². The second kappa shape index (κ2) is 5.85. The van der Waals surface area contributed by atoms with Gasteiger partial charge in [-0.2, -0.15) is 0 Å². The van der Waals surface area contributed by atoms with Crippen molar-refractivity contribution in [2.24, 2.45) is 11.8 Å². The van der Waals surface area contributed by atoms with Gasteiger partial charge in [0.25, 0.3) is 0 Å². The average Bonchev–Trinajstić information content (AvgIpc) is 2.29. The number of carbonyl (C=O) groups is 2. The summed E-state index contributed by atoms with van der Waals surface area (Å²) in [7, 11) is 0. The number of rotatable bonds is 4. The number of carbonyl (C=O) groups excluding carboxylic acids is 1. The third-order valence-corrected chi connectivity index (χ3v) is 4.74. The molecule has 114 valence electrons. The fraction of sp³-hybridized carbons (Fsp3) is 0.467. The first kappa shape index (κ1) is 16.1. The molecule has 0 spiro atoms. The Kier molecular flexibility index (Phi) is 4.49. The van der Waals surface area contributed by atoms with E-state index in [0.29, 0.717) is 22.9 Å². The molecule has 1 amide bonds. The predicted octanol–water partition coefficient (Wildman–Crippen LogP) is 3.46. The van der Waals surface area contributed by atoms with Crippen LogP contribution in [-0.2, 0) is 15.1 Å². The highest BCUT2D eigenvalue weighted by atomic mass is 35.5. The maximum atomic E-state index is 12.2. The lowest BCUT2D eigenvalue weighted by atomic mass is 9.72. The summed E-state index contributed by atoms with van der Waals surface area (Å²) < 4.78 is 0. The fourth-order valence-corrected chi connectivity index (χ4v) is 2.77. The van der Waals surface area contributed by atoms with E-state index in [-0.39, 0.29) is 5.91 Å². The monoisotopic (exact) mass is 329 g/mol. The van der Waals surface area contributed by atoms with E-state index in [0.717, 1.165) is 5.56 Å². The number of halogens is 2.